The Labute approximate surface area is 114 Å². The van der Waals surface area contributed by atoms with Crippen molar-refractivity contribution in [3.8, 4) is 0 Å². The van der Waals surface area contributed by atoms with Gasteiger partial charge < -0.3 is 0 Å². The molecular weight excluding hydrogens is 244 g/mol. The van der Waals surface area contributed by atoms with Crippen LogP contribution >= 0.6 is 11.6 Å². The lowest BCUT2D eigenvalue weighted by Gasteiger charge is -2.25. The maximum absolute atomic E-state index is 5.63. The quantitative estimate of drug-likeness (QED) is 0.803. The first-order valence-electron chi connectivity index (χ1n) is 6.91. The molecule has 1 heterocycles. The van der Waals surface area contributed by atoms with Crippen LogP contribution in [0.1, 0.15) is 56.3 Å². The van der Waals surface area contributed by atoms with Crippen molar-refractivity contribution in [3.63, 3.8) is 0 Å². The minimum absolute atomic E-state index is 0.542. The molecule has 2 nitrogen and oxygen atoms in total. The van der Waals surface area contributed by atoms with Crippen molar-refractivity contribution >= 4 is 11.6 Å². The Morgan fingerprint density at radius 3 is 2.44 bits per heavy atom. The first-order chi connectivity index (χ1) is 8.83. The van der Waals surface area contributed by atoms with E-state index in [1.165, 1.54) is 31.2 Å². The highest BCUT2D eigenvalue weighted by Crippen LogP contribution is 2.34. The van der Waals surface area contributed by atoms with Gasteiger partial charge in [-0.3, -0.25) is 0 Å². The van der Waals surface area contributed by atoms with Crippen LogP contribution in [0.15, 0.2) is 24.0 Å². The molecule has 0 spiro atoms. The summed E-state index contributed by atoms with van der Waals surface area (Å²) >= 11 is 5.63. The van der Waals surface area contributed by atoms with Crippen LogP contribution in [-0.2, 0) is 6.42 Å². The number of aromatic nitrogens is 2. The lowest BCUT2D eigenvalue weighted by molar-refractivity contribution is 0.366. The van der Waals surface area contributed by atoms with Gasteiger partial charge in [0.1, 0.15) is 5.82 Å². The lowest BCUT2D eigenvalue weighted by Crippen LogP contribution is -2.14. The summed E-state index contributed by atoms with van der Waals surface area (Å²) in [6, 6.07) is 0. The van der Waals surface area contributed by atoms with Gasteiger partial charge in [-0.25, -0.2) is 9.97 Å². The van der Waals surface area contributed by atoms with E-state index in [0.29, 0.717) is 11.8 Å². The van der Waals surface area contributed by atoms with Crippen molar-refractivity contribution in [3.05, 3.63) is 35.4 Å². The molecule has 3 heteroatoms. The highest BCUT2D eigenvalue weighted by molar-refractivity contribution is 6.25. The van der Waals surface area contributed by atoms with E-state index < -0.39 is 0 Å². The fraction of sp³-hybridized carbons (Fsp3) is 0.600. The number of nitrogens with zero attached hydrogens (tertiary/aromatic N) is 2. The van der Waals surface area contributed by atoms with Crippen molar-refractivity contribution in [2.45, 2.75) is 51.4 Å². The topological polar surface area (TPSA) is 25.8 Å². The van der Waals surface area contributed by atoms with Crippen molar-refractivity contribution < 1.29 is 0 Å². The zero-order valence-electron chi connectivity index (χ0n) is 11.0. The van der Waals surface area contributed by atoms with Crippen LogP contribution in [0.4, 0.5) is 0 Å². The third-order valence-corrected chi connectivity index (χ3v) is 3.89. The van der Waals surface area contributed by atoms with Crippen LogP contribution in [-0.4, -0.2) is 9.97 Å². The molecule has 0 aliphatic heterocycles. The predicted molar refractivity (Wildman–Crippen MR) is 75.7 cm³/mol. The monoisotopic (exact) mass is 264 g/mol. The van der Waals surface area contributed by atoms with Crippen molar-refractivity contribution in [2.75, 3.05) is 0 Å². The van der Waals surface area contributed by atoms with Gasteiger partial charge in [-0.05, 0) is 43.6 Å². The summed E-state index contributed by atoms with van der Waals surface area (Å²) < 4.78 is 0. The SMILES string of the molecule is CCCc1cnc(C2CCC(/C=C/Cl)CC2)nc1. The van der Waals surface area contributed by atoms with Crippen LogP contribution in [0.3, 0.4) is 0 Å². The largest absolute Gasteiger partial charge is 0.241 e. The summed E-state index contributed by atoms with van der Waals surface area (Å²) in [5.41, 5.74) is 2.90. The van der Waals surface area contributed by atoms with Crippen LogP contribution < -0.4 is 0 Å². The first-order valence-corrected chi connectivity index (χ1v) is 7.34. The molecule has 0 radical (unpaired) electrons. The second kappa shape index (κ2) is 6.89. The molecule has 0 unspecified atom stereocenters. The first kappa shape index (κ1) is 13.5. The number of rotatable bonds is 4. The molecule has 1 aromatic heterocycles. The molecule has 0 amide bonds. The highest BCUT2D eigenvalue weighted by Gasteiger charge is 2.22. The molecule has 2 rings (SSSR count). The minimum atomic E-state index is 0.542. The summed E-state index contributed by atoms with van der Waals surface area (Å²) in [5, 5.41) is 0. The van der Waals surface area contributed by atoms with Gasteiger partial charge in [0.2, 0.25) is 0 Å². The summed E-state index contributed by atoms with van der Waals surface area (Å²) in [5.74, 6) is 2.22. The Hall–Kier alpha value is -0.890. The number of allylic oxidation sites excluding steroid dienone is 1. The molecule has 98 valence electrons. The van der Waals surface area contributed by atoms with Gasteiger partial charge in [0, 0.05) is 23.8 Å². The molecule has 1 fully saturated rings. The Kier molecular flexibility index (Phi) is 5.18. The average Bonchev–Trinajstić information content (AvgIpc) is 2.41. The van der Waals surface area contributed by atoms with Crippen LogP contribution in [0.25, 0.3) is 0 Å². The van der Waals surface area contributed by atoms with Gasteiger partial charge in [-0.1, -0.05) is 31.0 Å². The standard InChI is InChI=1S/C15H21ClN2/c1-2-3-13-10-17-15(18-11-13)14-6-4-12(5-7-14)8-9-16/h8-12,14H,2-7H2,1H3/b9-8+. The normalized spacial score (nSPS) is 24.6. The summed E-state index contributed by atoms with van der Waals surface area (Å²) in [4.78, 5) is 9.07. The van der Waals surface area contributed by atoms with E-state index in [1.54, 1.807) is 5.54 Å². The Balaban J connectivity index is 1.92. The van der Waals surface area contributed by atoms with Gasteiger partial charge in [0.25, 0.3) is 0 Å². The molecule has 1 aliphatic carbocycles. The summed E-state index contributed by atoms with van der Waals surface area (Å²) in [6.07, 6.45) is 13.1. The summed E-state index contributed by atoms with van der Waals surface area (Å²) in [7, 11) is 0. The fourth-order valence-electron chi connectivity index (χ4n) is 2.67. The van der Waals surface area contributed by atoms with Crippen molar-refractivity contribution in [2.24, 2.45) is 5.92 Å². The Morgan fingerprint density at radius 1 is 1.22 bits per heavy atom. The van der Waals surface area contributed by atoms with Crippen LogP contribution in [0, 0.1) is 5.92 Å². The highest BCUT2D eigenvalue weighted by atomic mass is 35.5. The molecule has 0 saturated heterocycles. The fourth-order valence-corrected chi connectivity index (χ4v) is 2.87. The van der Waals surface area contributed by atoms with E-state index in [1.807, 2.05) is 12.4 Å². The second-order valence-corrected chi connectivity index (χ2v) is 5.38. The van der Waals surface area contributed by atoms with Gasteiger partial charge in [-0.2, -0.15) is 0 Å². The van der Waals surface area contributed by atoms with E-state index in [0.717, 1.165) is 18.7 Å². The maximum Gasteiger partial charge on any atom is 0.131 e. The van der Waals surface area contributed by atoms with E-state index in [4.69, 9.17) is 11.6 Å². The molecule has 1 aromatic rings. The van der Waals surface area contributed by atoms with Crippen LogP contribution in [0.5, 0.6) is 0 Å². The van der Waals surface area contributed by atoms with Gasteiger partial charge >= 0.3 is 0 Å². The number of hydrogen-bond donors (Lipinski definition) is 0. The lowest BCUT2D eigenvalue weighted by atomic mass is 9.81. The molecule has 0 bridgehead atoms. The van der Waals surface area contributed by atoms with Gasteiger partial charge in [-0.15, -0.1) is 0 Å². The van der Waals surface area contributed by atoms with E-state index in [2.05, 4.69) is 23.0 Å². The molecule has 1 aliphatic rings. The zero-order chi connectivity index (χ0) is 12.8. The Bertz CT molecular complexity index is 378. The van der Waals surface area contributed by atoms with E-state index in [9.17, 15) is 0 Å². The number of aryl methyl sites for hydroxylation is 1. The molecule has 1 saturated carbocycles. The molecular formula is C15H21ClN2. The molecule has 0 atom stereocenters. The Morgan fingerprint density at radius 2 is 1.89 bits per heavy atom. The maximum atomic E-state index is 5.63. The van der Waals surface area contributed by atoms with E-state index >= 15 is 0 Å². The van der Waals surface area contributed by atoms with Crippen molar-refractivity contribution in [1.29, 1.82) is 0 Å². The smallest absolute Gasteiger partial charge is 0.131 e. The molecule has 0 N–H and O–H groups in total. The number of halogens is 1. The van der Waals surface area contributed by atoms with Crippen LogP contribution in [0.2, 0.25) is 0 Å². The number of hydrogen-bond acceptors (Lipinski definition) is 2. The third kappa shape index (κ3) is 3.55. The summed E-state index contributed by atoms with van der Waals surface area (Å²) in [6.45, 7) is 2.18. The van der Waals surface area contributed by atoms with Gasteiger partial charge in [0.05, 0.1) is 0 Å². The van der Waals surface area contributed by atoms with Gasteiger partial charge in [0.15, 0.2) is 0 Å². The zero-order valence-corrected chi connectivity index (χ0v) is 11.7. The average molecular weight is 265 g/mol. The second-order valence-electron chi connectivity index (χ2n) is 5.13. The van der Waals surface area contributed by atoms with Crippen molar-refractivity contribution in [1.82, 2.24) is 9.97 Å². The van der Waals surface area contributed by atoms with E-state index in [-0.39, 0.29) is 0 Å². The molecule has 18 heavy (non-hydrogen) atoms. The predicted octanol–water partition coefficient (Wildman–Crippen LogP) is 4.46. The minimum Gasteiger partial charge on any atom is -0.241 e. The molecule has 0 aromatic carbocycles. The third-order valence-electron chi connectivity index (χ3n) is 3.75.